The Labute approximate surface area is 122 Å². The van der Waals surface area contributed by atoms with Crippen molar-refractivity contribution in [2.24, 2.45) is 0 Å². The van der Waals surface area contributed by atoms with Crippen LogP contribution in [0.25, 0.3) is 0 Å². The lowest BCUT2D eigenvalue weighted by Gasteiger charge is -2.20. The molecular weight excluding hydrogens is 360 g/mol. The third-order valence-corrected chi connectivity index (χ3v) is 3.80. The van der Waals surface area contributed by atoms with Crippen LogP contribution in [-0.4, -0.2) is 17.0 Å². The van der Waals surface area contributed by atoms with Gasteiger partial charge in [0.15, 0.2) is 0 Å². The molecule has 94 valence electrons. The summed E-state index contributed by atoms with van der Waals surface area (Å²) in [5, 5.41) is 0. The predicted octanol–water partition coefficient (Wildman–Crippen LogP) is 3.22. The number of aromatic nitrogens is 2. The largest absolute Gasteiger partial charge is 0.368 e. The lowest BCUT2D eigenvalue weighted by atomic mass is 10.2. The lowest BCUT2D eigenvalue weighted by Crippen LogP contribution is -2.19. The molecule has 0 unspecified atom stereocenters. The summed E-state index contributed by atoms with van der Waals surface area (Å²) in [5.41, 5.74) is 6.79. The van der Waals surface area contributed by atoms with E-state index < -0.39 is 0 Å². The first-order valence-corrected chi connectivity index (χ1v) is 6.89. The molecule has 0 aliphatic heterocycles. The molecule has 4 nitrogen and oxygen atoms in total. The van der Waals surface area contributed by atoms with Crippen molar-refractivity contribution in [2.45, 2.75) is 6.54 Å². The van der Waals surface area contributed by atoms with Crippen LogP contribution in [0.15, 0.2) is 39.4 Å². The summed E-state index contributed by atoms with van der Waals surface area (Å²) in [6.07, 6.45) is 1.66. The molecule has 1 aromatic carbocycles. The van der Waals surface area contributed by atoms with Gasteiger partial charge in [-0.05, 0) is 27.6 Å². The minimum Gasteiger partial charge on any atom is -0.368 e. The van der Waals surface area contributed by atoms with Crippen LogP contribution in [0.2, 0.25) is 0 Å². The first-order valence-electron chi connectivity index (χ1n) is 5.30. The van der Waals surface area contributed by atoms with Crippen LogP contribution in [0.3, 0.4) is 0 Å². The van der Waals surface area contributed by atoms with E-state index in [-0.39, 0.29) is 5.95 Å². The molecule has 1 aromatic heterocycles. The van der Waals surface area contributed by atoms with E-state index in [9.17, 15) is 0 Å². The third kappa shape index (κ3) is 3.00. The topological polar surface area (TPSA) is 55.0 Å². The number of anilines is 2. The van der Waals surface area contributed by atoms with Crippen LogP contribution in [0, 0.1) is 0 Å². The number of benzene rings is 1. The van der Waals surface area contributed by atoms with E-state index in [0.717, 1.165) is 21.3 Å². The van der Waals surface area contributed by atoms with E-state index in [1.165, 1.54) is 5.56 Å². The van der Waals surface area contributed by atoms with Crippen LogP contribution < -0.4 is 10.6 Å². The van der Waals surface area contributed by atoms with E-state index in [4.69, 9.17) is 5.73 Å². The Morgan fingerprint density at radius 1 is 1.22 bits per heavy atom. The standard InChI is InChI=1S/C12H12Br2N4/c1-18(7-8-4-2-3-5-9(8)13)11-10(14)6-16-12(15)17-11/h2-6H,7H2,1H3,(H2,15,16,17). The average Bonchev–Trinajstić information content (AvgIpc) is 2.35. The van der Waals surface area contributed by atoms with E-state index in [2.05, 4.69) is 47.9 Å². The van der Waals surface area contributed by atoms with Crippen LogP contribution in [-0.2, 0) is 6.54 Å². The van der Waals surface area contributed by atoms with Crippen molar-refractivity contribution >= 4 is 43.6 Å². The van der Waals surface area contributed by atoms with Gasteiger partial charge in [0.2, 0.25) is 5.95 Å². The van der Waals surface area contributed by atoms with Gasteiger partial charge in [-0.2, -0.15) is 4.98 Å². The van der Waals surface area contributed by atoms with Crippen LogP contribution in [0.4, 0.5) is 11.8 Å². The van der Waals surface area contributed by atoms with E-state index in [1.807, 2.05) is 30.1 Å². The smallest absolute Gasteiger partial charge is 0.222 e. The summed E-state index contributed by atoms with van der Waals surface area (Å²) in [6.45, 7) is 0.733. The molecule has 0 spiro atoms. The van der Waals surface area contributed by atoms with Gasteiger partial charge >= 0.3 is 0 Å². The monoisotopic (exact) mass is 370 g/mol. The first-order chi connectivity index (χ1) is 8.58. The maximum Gasteiger partial charge on any atom is 0.222 e. The SMILES string of the molecule is CN(Cc1ccccc1Br)c1nc(N)ncc1Br. The normalized spacial score (nSPS) is 10.4. The second-order valence-corrected chi connectivity index (χ2v) is 5.56. The van der Waals surface area contributed by atoms with Crippen LogP contribution in [0.1, 0.15) is 5.56 Å². The quantitative estimate of drug-likeness (QED) is 0.899. The Morgan fingerprint density at radius 3 is 2.67 bits per heavy atom. The van der Waals surface area contributed by atoms with Crippen molar-refractivity contribution in [3.8, 4) is 0 Å². The first kappa shape index (κ1) is 13.3. The van der Waals surface area contributed by atoms with Gasteiger partial charge in [0.1, 0.15) is 5.82 Å². The third-order valence-electron chi connectivity index (χ3n) is 2.47. The summed E-state index contributed by atoms with van der Waals surface area (Å²) >= 11 is 6.96. The highest BCUT2D eigenvalue weighted by Gasteiger charge is 2.10. The highest BCUT2D eigenvalue weighted by molar-refractivity contribution is 9.10. The van der Waals surface area contributed by atoms with Gasteiger partial charge in [0.25, 0.3) is 0 Å². The van der Waals surface area contributed by atoms with Crippen molar-refractivity contribution in [3.05, 3.63) is 45.0 Å². The van der Waals surface area contributed by atoms with Crippen molar-refractivity contribution in [3.63, 3.8) is 0 Å². The second-order valence-electron chi connectivity index (χ2n) is 3.85. The molecule has 0 aliphatic rings. The summed E-state index contributed by atoms with van der Waals surface area (Å²) in [5.74, 6) is 1.05. The van der Waals surface area contributed by atoms with Gasteiger partial charge in [-0.1, -0.05) is 34.1 Å². The molecular formula is C12H12Br2N4. The van der Waals surface area contributed by atoms with Crippen molar-refractivity contribution in [1.29, 1.82) is 0 Å². The molecule has 0 fully saturated rings. The number of hydrogen-bond acceptors (Lipinski definition) is 4. The van der Waals surface area contributed by atoms with Gasteiger partial charge in [0, 0.05) is 24.3 Å². The average molecular weight is 372 g/mol. The maximum absolute atomic E-state index is 5.61. The molecule has 18 heavy (non-hydrogen) atoms. The summed E-state index contributed by atoms with van der Waals surface area (Å²) in [6, 6.07) is 8.09. The number of halogens is 2. The zero-order valence-electron chi connectivity index (χ0n) is 9.77. The predicted molar refractivity (Wildman–Crippen MR) is 80.4 cm³/mol. The van der Waals surface area contributed by atoms with Crippen molar-refractivity contribution in [1.82, 2.24) is 9.97 Å². The van der Waals surface area contributed by atoms with Crippen molar-refractivity contribution in [2.75, 3.05) is 17.7 Å². The summed E-state index contributed by atoms with van der Waals surface area (Å²) in [7, 11) is 1.96. The summed E-state index contributed by atoms with van der Waals surface area (Å²) < 4.78 is 1.90. The van der Waals surface area contributed by atoms with Crippen LogP contribution in [0.5, 0.6) is 0 Å². The molecule has 2 aromatic rings. The molecule has 0 saturated carbocycles. The molecule has 0 saturated heterocycles. The fraction of sp³-hybridized carbons (Fsp3) is 0.167. The molecule has 0 amide bonds. The van der Waals surface area contributed by atoms with Gasteiger partial charge in [-0.15, -0.1) is 0 Å². The highest BCUT2D eigenvalue weighted by atomic mass is 79.9. The number of rotatable bonds is 3. The minimum absolute atomic E-state index is 0.271. The summed E-state index contributed by atoms with van der Waals surface area (Å²) in [4.78, 5) is 10.2. The Hall–Kier alpha value is -1.14. The molecule has 6 heteroatoms. The Morgan fingerprint density at radius 2 is 1.94 bits per heavy atom. The molecule has 0 radical (unpaired) electrons. The minimum atomic E-state index is 0.271. The van der Waals surface area contributed by atoms with Gasteiger partial charge in [0.05, 0.1) is 4.47 Å². The molecule has 0 aliphatic carbocycles. The lowest BCUT2D eigenvalue weighted by molar-refractivity contribution is 0.885. The molecule has 0 bridgehead atoms. The van der Waals surface area contributed by atoms with E-state index in [0.29, 0.717) is 0 Å². The van der Waals surface area contributed by atoms with Crippen LogP contribution >= 0.6 is 31.9 Å². The van der Waals surface area contributed by atoms with Crippen molar-refractivity contribution < 1.29 is 0 Å². The zero-order chi connectivity index (χ0) is 13.1. The maximum atomic E-state index is 5.61. The van der Waals surface area contributed by atoms with E-state index >= 15 is 0 Å². The van der Waals surface area contributed by atoms with Gasteiger partial charge in [-0.3, -0.25) is 0 Å². The molecule has 2 rings (SSSR count). The van der Waals surface area contributed by atoms with Gasteiger partial charge < -0.3 is 10.6 Å². The fourth-order valence-corrected chi connectivity index (χ4v) is 2.50. The number of nitrogens with two attached hydrogens (primary N) is 1. The number of nitrogens with zero attached hydrogens (tertiary/aromatic N) is 3. The Kier molecular flexibility index (Phi) is 4.19. The van der Waals surface area contributed by atoms with E-state index in [1.54, 1.807) is 6.20 Å². The number of nitrogen functional groups attached to an aromatic ring is 1. The Bertz CT molecular complexity index is 560. The molecule has 1 heterocycles. The Balaban J connectivity index is 2.25. The highest BCUT2D eigenvalue weighted by Crippen LogP contribution is 2.25. The molecule has 2 N–H and O–H groups in total. The fourth-order valence-electron chi connectivity index (χ4n) is 1.60. The number of hydrogen-bond donors (Lipinski definition) is 1. The molecule has 0 atom stereocenters. The zero-order valence-corrected chi connectivity index (χ0v) is 12.9. The van der Waals surface area contributed by atoms with Gasteiger partial charge in [-0.25, -0.2) is 4.98 Å². The second kappa shape index (κ2) is 5.67.